The molecule has 5 nitrogen and oxygen atoms in total. The molecule has 1 aliphatic rings. The summed E-state index contributed by atoms with van der Waals surface area (Å²) in [5, 5.41) is 0. The first kappa shape index (κ1) is 18.0. The molecule has 0 spiro atoms. The molecule has 1 aromatic heterocycles. The Hall–Kier alpha value is -3.34. The molecule has 0 saturated carbocycles. The molecule has 2 aromatic carbocycles. The summed E-state index contributed by atoms with van der Waals surface area (Å²) in [6, 6.07) is 19.2. The number of nitrogens with zero attached hydrogens (tertiary/aromatic N) is 2. The van der Waals surface area contributed by atoms with Crippen molar-refractivity contribution < 1.29 is 14.3 Å². The fourth-order valence-electron chi connectivity index (χ4n) is 3.31. The van der Waals surface area contributed by atoms with Gasteiger partial charge in [0, 0.05) is 24.5 Å². The molecule has 0 N–H and O–H groups in total. The second kappa shape index (κ2) is 8.13. The highest BCUT2D eigenvalue weighted by Gasteiger charge is 2.25. The van der Waals surface area contributed by atoms with E-state index in [4.69, 9.17) is 9.47 Å². The highest BCUT2D eigenvalue weighted by atomic mass is 16.6. The average Bonchev–Trinajstić information content (AvgIpc) is 2.77. The van der Waals surface area contributed by atoms with Crippen molar-refractivity contribution in [2.75, 3.05) is 19.7 Å². The van der Waals surface area contributed by atoms with E-state index in [2.05, 4.69) is 4.98 Å². The van der Waals surface area contributed by atoms with Gasteiger partial charge in [-0.3, -0.25) is 9.78 Å². The standard InChI is InChI=1S/C23H22N2O3/c1-2-25(15-20-16-27-21-8-3-4-9-22(21)28-20)23(26)19-7-5-6-18(14-19)17-10-12-24-13-11-17/h3-14,20H,2,15-16H2,1H3. The van der Waals surface area contributed by atoms with Crippen LogP contribution in [-0.4, -0.2) is 41.6 Å². The van der Waals surface area contributed by atoms with Gasteiger partial charge in [0.1, 0.15) is 6.61 Å². The van der Waals surface area contributed by atoms with E-state index in [0.29, 0.717) is 25.3 Å². The smallest absolute Gasteiger partial charge is 0.253 e. The molecule has 0 bridgehead atoms. The van der Waals surface area contributed by atoms with Crippen LogP contribution in [0.15, 0.2) is 73.1 Å². The third-order valence-corrected chi connectivity index (χ3v) is 4.78. The summed E-state index contributed by atoms with van der Waals surface area (Å²) in [6.07, 6.45) is 3.31. The molecule has 28 heavy (non-hydrogen) atoms. The van der Waals surface area contributed by atoms with Crippen molar-refractivity contribution in [3.63, 3.8) is 0 Å². The summed E-state index contributed by atoms with van der Waals surface area (Å²) in [4.78, 5) is 18.9. The average molecular weight is 374 g/mol. The number of carbonyl (C=O) groups is 1. The van der Waals surface area contributed by atoms with Gasteiger partial charge in [-0.05, 0) is 54.4 Å². The fourth-order valence-corrected chi connectivity index (χ4v) is 3.31. The summed E-state index contributed by atoms with van der Waals surface area (Å²) < 4.78 is 11.8. The first-order valence-corrected chi connectivity index (χ1v) is 9.43. The Morgan fingerprint density at radius 2 is 1.82 bits per heavy atom. The van der Waals surface area contributed by atoms with E-state index in [0.717, 1.165) is 22.6 Å². The number of carbonyl (C=O) groups excluding carboxylic acids is 1. The van der Waals surface area contributed by atoms with Gasteiger partial charge in [-0.15, -0.1) is 0 Å². The molecule has 0 fully saturated rings. The van der Waals surface area contributed by atoms with Crippen LogP contribution in [-0.2, 0) is 0 Å². The Bertz CT molecular complexity index is 959. The molecule has 1 unspecified atom stereocenters. The van der Waals surface area contributed by atoms with Gasteiger partial charge in [-0.1, -0.05) is 24.3 Å². The molecule has 1 amide bonds. The number of benzene rings is 2. The lowest BCUT2D eigenvalue weighted by atomic mass is 10.0. The molecule has 2 heterocycles. The normalized spacial score (nSPS) is 15.1. The number of likely N-dealkylation sites (N-methyl/N-ethyl adjacent to an activating group) is 1. The van der Waals surface area contributed by atoms with Crippen LogP contribution in [0.5, 0.6) is 11.5 Å². The van der Waals surface area contributed by atoms with E-state index < -0.39 is 0 Å². The van der Waals surface area contributed by atoms with Gasteiger partial charge in [0.2, 0.25) is 0 Å². The first-order chi connectivity index (χ1) is 13.7. The lowest BCUT2D eigenvalue weighted by Crippen LogP contribution is -2.43. The lowest BCUT2D eigenvalue weighted by Gasteiger charge is -2.31. The molecule has 4 rings (SSSR count). The van der Waals surface area contributed by atoms with Gasteiger partial charge in [-0.2, -0.15) is 0 Å². The number of fused-ring (bicyclic) bond motifs is 1. The largest absolute Gasteiger partial charge is 0.486 e. The predicted molar refractivity (Wildman–Crippen MR) is 108 cm³/mol. The van der Waals surface area contributed by atoms with Crippen LogP contribution in [0.1, 0.15) is 17.3 Å². The van der Waals surface area contributed by atoms with Gasteiger partial charge >= 0.3 is 0 Å². The van der Waals surface area contributed by atoms with Crippen molar-refractivity contribution in [3.05, 3.63) is 78.6 Å². The molecular formula is C23H22N2O3. The summed E-state index contributed by atoms with van der Waals surface area (Å²) in [6.45, 7) is 3.48. The van der Waals surface area contributed by atoms with E-state index in [-0.39, 0.29) is 12.0 Å². The van der Waals surface area contributed by atoms with Gasteiger partial charge in [-0.25, -0.2) is 0 Å². The molecule has 0 saturated heterocycles. The number of hydrogen-bond donors (Lipinski definition) is 0. The SMILES string of the molecule is CCN(CC1COc2ccccc2O1)C(=O)c1cccc(-c2ccncc2)c1. The minimum atomic E-state index is -0.192. The number of amides is 1. The maximum Gasteiger partial charge on any atom is 0.253 e. The van der Waals surface area contributed by atoms with Crippen molar-refractivity contribution in [2.24, 2.45) is 0 Å². The number of aromatic nitrogens is 1. The second-order valence-corrected chi connectivity index (χ2v) is 6.66. The minimum absolute atomic E-state index is 0.0131. The molecular weight excluding hydrogens is 352 g/mol. The van der Waals surface area contributed by atoms with Crippen LogP contribution in [0.2, 0.25) is 0 Å². The Labute approximate surface area is 164 Å². The van der Waals surface area contributed by atoms with Crippen molar-refractivity contribution in [1.29, 1.82) is 0 Å². The first-order valence-electron chi connectivity index (χ1n) is 9.43. The number of hydrogen-bond acceptors (Lipinski definition) is 4. The van der Waals surface area contributed by atoms with Crippen LogP contribution in [0.25, 0.3) is 11.1 Å². The number of pyridine rings is 1. The third kappa shape index (κ3) is 3.83. The Morgan fingerprint density at radius 3 is 2.61 bits per heavy atom. The zero-order chi connectivity index (χ0) is 19.3. The summed E-state index contributed by atoms with van der Waals surface area (Å²) in [7, 11) is 0. The van der Waals surface area contributed by atoms with E-state index in [1.807, 2.05) is 67.6 Å². The van der Waals surface area contributed by atoms with Gasteiger partial charge in [0.05, 0.1) is 6.54 Å². The van der Waals surface area contributed by atoms with Crippen molar-refractivity contribution in [1.82, 2.24) is 9.88 Å². The lowest BCUT2D eigenvalue weighted by molar-refractivity contribution is 0.0475. The summed E-state index contributed by atoms with van der Waals surface area (Å²) in [5.74, 6) is 1.46. The van der Waals surface area contributed by atoms with E-state index in [1.54, 1.807) is 17.3 Å². The molecule has 3 aromatic rings. The molecule has 0 aliphatic carbocycles. The molecule has 1 aliphatic heterocycles. The molecule has 142 valence electrons. The summed E-state index contributed by atoms with van der Waals surface area (Å²) >= 11 is 0. The van der Waals surface area contributed by atoms with Crippen LogP contribution >= 0.6 is 0 Å². The number of ether oxygens (including phenoxy) is 2. The number of rotatable bonds is 5. The highest BCUT2D eigenvalue weighted by molar-refractivity contribution is 5.95. The van der Waals surface area contributed by atoms with Gasteiger partial charge in [0.25, 0.3) is 5.91 Å². The fraction of sp³-hybridized carbons (Fsp3) is 0.217. The second-order valence-electron chi connectivity index (χ2n) is 6.66. The van der Waals surface area contributed by atoms with E-state index in [1.165, 1.54) is 0 Å². The molecule has 5 heteroatoms. The maximum absolute atomic E-state index is 13.1. The summed E-state index contributed by atoms with van der Waals surface area (Å²) in [5.41, 5.74) is 2.69. The quantitative estimate of drug-likeness (QED) is 0.676. The van der Waals surface area contributed by atoms with Crippen molar-refractivity contribution >= 4 is 5.91 Å². The van der Waals surface area contributed by atoms with E-state index >= 15 is 0 Å². The van der Waals surface area contributed by atoms with Crippen LogP contribution in [0.3, 0.4) is 0 Å². The van der Waals surface area contributed by atoms with Crippen molar-refractivity contribution in [3.8, 4) is 22.6 Å². The Balaban J connectivity index is 1.49. The topological polar surface area (TPSA) is 51.7 Å². The monoisotopic (exact) mass is 374 g/mol. The Kier molecular flexibility index (Phi) is 5.24. The molecule has 1 atom stereocenters. The van der Waals surface area contributed by atoms with E-state index in [9.17, 15) is 4.79 Å². The Morgan fingerprint density at radius 1 is 1.04 bits per heavy atom. The third-order valence-electron chi connectivity index (χ3n) is 4.78. The minimum Gasteiger partial charge on any atom is -0.486 e. The number of para-hydroxylation sites is 2. The maximum atomic E-state index is 13.1. The zero-order valence-corrected chi connectivity index (χ0v) is 15.7. The zero-order valence-electron chi connectivity index (χ0n) is 15.7. The van der Waals surface area contributed by atoms with Crippen LogP contribution in [0, 0.1) is 0 Å². The van der Waals surface area contributed by atoms with Crippen molar-refractivity contribution in [2.45, 2.75) is 13.0 Å². The van der Waals surface area contributed by atoms with Crippen LogP contribution < -0.4 is 9.47 Å². The molecule has 0 radical (unpaired) electrons. The van der Waals surface area contributed by atoms with Crippen LogP contribution in [0.4, 0.5) is 0 Å². The van der Waals surface area contributed by atoms with Gasteiger partial charge in [0.15, 0.2) is 17.6 Å². The highest BCUT2D eigenvalue weighted by Crippen LogP contribution is 2.31. The van der Waals surface area contributed by atoms with Gasteiger partial charge < -0.3 is 14.4 Å². The predicted octanol–water partition coefficient (Wildman–Crippen LogP) is 4.05.